The van der Waals surface area contributed by atoms with Crippen molar-refractivity contribution in [2.45, 2.75) is 19.3 Å². The molecule has 2 amide bonds. The zero-order valence-electron chi connectivity index (χ0n) is 16.3. The molecule has 0 aromatic heterocycles. The molecule has 1 N–H and O–H groups in total. The van der Waals surface area contributed by atoms with Crippen molar-refractivity contribution >= 4 is 11.8 Å². The molecule has 1 atom stereocenters. The minimum atomic E-state index is 0.0807. The third kappa shape index (κ3) is 6.42. The number of carbonyl (C=O) groups is 2. The molecular weight excluding hydrogens is 328 g/mol. The molecule has 2 rings (SSSR count). The van der Waals surface area contributed by atoms with Crippen LogP contribution in [0.4, 0.5) is 0 Å². The number of likely N-dealkylation sites (N-methyl/N-ethyl adjacent to an activating group) is 1. The molecule has 0 aliphatic carbocycles. The maximum atomic E-state index is 12.3. The molecule has 1 aliphatic rings. The third-order valence-corrected chi connectivity index (χ3v) is 5.00. The van der Waals surface area contributed by atoms with Gasteiger partial charge in [-0.3, -0.25) is 19.4 Å². The van der Waals surface area contributed by atoms with Gasteiger partial charge in [-0.05, 0) is 12.0 Å². The second kappa shape index (κ2) is 10.3. The Bertz CT molecular complexity index is 568. The van der Waals surface area contributed by atoms with E-state index in [9.17, 15) is 9.59 Å². The summed E-state index contributed by atoms with van der Waals surface area (Å²) in [6.07, 6.45) is 1.00. The zero-order valence-corrected chi connectivity index (χ0v) is 16.3. The summed E-state index contributed by atoms with van der Waals surface area (Å²) in [6.45, 7) is 7.02. The number of hydrogen-bond acceptors (Lipinski definition) is 4. The highest BCUT2D eigenvalue weighted by atomic mass is 16.2. The van der Waals surface area contributed by atoms with Crippen molar-refractivity contribution in [2.75, 3.05) is 59.9 Å². The van der Waals surface area contributed by atoms with Crippen molar-refractivity contribution in [1.29, 1.82) is 0 Å². The Morgan fingerprint density at radius 3 is 2.15 bits per heavy atom. The number of hydrogen-bond donors (Lipinski definition) is 1. The van der Waals surface area contributed by atoms with Crippen LogP contribution in [0.15, 0.2) is 30.3 Å². The monoisotopic (exact) mass is 360 g/mol. The Balaban J connectivity index is 1.69. The third-order valence-electron chi connectivity index (χ3n) is 5.00. The van der Waals surface area contributed by atoms with Crippen LogP contribution in [0.2, 0.25) is 0 Å². The number of benzene rings is 1. The molecule has 6 nitrogen and oxygen atoms in total. The molecule has 0 spiro atoms. The highest BCUT2D eigenvalue weighted by Crippen LogP contribution is 2.17. The molecule has 1 fully saturated rings. The predicted molar refractivity (Wildman–Crippen MR) is 104 cm³/mol. The number of rotatable bonds is 8. The van der Waals surface area contributed by atoms with E-state index in [0.717, 1.165) is 32.6 Å². The molecule has 144 valence electrons. The number of nitrogens with zero attached hydrogens (tertiary/aromatic N) is 3. The van der Waals surface area contributed by atoms with Crippen LogP contribution >= 0.6 is 0 Å². The van der Waals surface area contributed by atoms with E-state index in [1.807, 2.05) is 18.2 Å². The van der Waals surface area contributed by atoms with Gasteiger partial charge in [0.25, 0.3) is 0 Å². The smallest absolute Gasteiger partial charge is 0.236 e. The largest absolute Gasteiger partial charge is 0.354 e. The first-order valence-electron chi connectivity index (χ1n) is 9.46. The minimum Gasteiger partial charge on any atom is -0.354 e. The van der Waals surface area contributed by atoms with Crippen molar-refractivity contribution in [2.24, 2.45) is 0 Å². The lowest BCUT2D eigenvalue weighted by atomic mass is 9.96. The first kappa shape index (κ1) is 20.4. The number of amides is 2. The van der Waals surface area contributed by atoms with Gasteiger partial charge in [-0.25, -0.2) is 0 Å². The number of carbonyl (C=O) groups excluding carboxylic acids is 2. The zero-order chi connectivity index (χ0) is 18.9. The molecule has 1 heterocycles. The number of nitrogens with one attached hydrogen (secondary N) is 1. The van der Waals surface area contributed by atoms with Crippen LogP contribution in [0.25, 0.3) is 0 Å². The summed E-state index contributed by atoms with van der Waals surface area (Å²) in [5.74, 6) is 0.564. The second-order valence-corrected chi connectivity index (χ2v) is 7.16. The summed E-state index contributed by atoms with van der Waals surface area (Å²) in [6, 6.07) is 10.3. The Morgan fingerprint density at radius 2 is 1.62 bits per heavy atom. The molecule has 0 saturated carbocycles. The van der Waals surface area contributed by atoms with Crippen molar-refractivity contribution in [3.8, 4) is 0 Å². The summed E-state index contributed by atoms with van der Waals surface area (Å²) >= 11 is 0. The summed E-state index contributed by atoms with van der Waals surface area (Å²) in [4.78, 5) is 30.0. The fourth-order valence-corrected chi connectivity index (χ4v) is 3.16. The van der Waals surface area contributed by atoms with Crippen molar-refractivity contribution in [1.82, 2.24) is 20.0 Å². The van der Waals surface area contributed by atoms with Gasteiger partial charge in [0.15, 0.2) is 0 Å². The van der Waals surface area contributed by atoms with Crippen LogP contribution in [0, 0.1) is 0 Å². The highest BCUT2D eigenvalue weighted by Gasteiger charge is 2.21. The van der Waals surface area contributed by atoms with Gasteiger partial charge in [-0.2, -0.15) is 0 Å². The van der Waals surface area contributed by atoms with E-state index in [-0.39, 0.29) is 11.8 Å². The summed E-state index contributed by atoms with van der Waals surface area (Å²) < 4.78 is 0. The van der Waals surface area contributed by atoms with Crippen LogP contribution in [0.1, 0.15) is 24.8 Å². The van der Waals surface area contributed by atoms with E-state index in [4.69, 9.17) is 0 Å². The maximum Gasteiger partial charge on any atom is 0.236 e. The first-order valence-corrected chi connectivity index (χ1v) is 9.46. The SMILES string of the molecule is CC[C@@H](CNC(=O)CN1CCN(CC(=O)N(C)C)CC1)c1ccccc1. The quantitative estimate of drug-likeness (QED) is 0.752. The van der Waals surface area contributed by atoms with Gasteiger partial charge in [0.2, 0.25) is 11.8 Å². The van der Waals surface area contributed by atoms with E-state index >= 15 is 0 Å². The normalized spacial score (nSPS) is 16.9. The van der Waals surface area contributed by atoms with Gasteiger partial charge < -0.3 is 10.2 Å². The summed E-state index contributed by atoms with van der Waals surface area (Å²) in [5, 5.41) is 3.08. The average molecular weight is 361 g/mol. The van der Waals surface area contributed by atoms with Crippen molar-refractivity contribution in [3.05, 3.63) is 35.9 Å². The Kier molecular flexibility index (Phi) is 8.06. The second-order valence-electron chi connectivity index (χ2n) is 7.16. The first-order chi connectivity index (χ1) is 12.5. The molecule has 6 heteroatoms. The molecule has 1 aromatic rings. The van der Waals surface area contributed by atoms with Crippen LogP contribution < -0.4 is 5.32 Å². The Labute approximate surface area is 157 Å². The lowest BCUT2D eigenvalue weighted by molar-refractivity contribution is -0.130. The molecule has 1 aromatic carbocycles. The minimum absolute atomic E-state index is 0.0807. The average Bonchev–Trinajstić information content (AvgIpc) is 2.64. The maximum absolute atomic E-state index is 12.3. The molecule has 1 aliphatic heterocycles. The molecule has 0 radical (unpaired) electrons. The lowest BCUT2D eigenvalue weighted by Crippen LogP contribution is -2.51. The Hall–Kier alpha value is -1.92. The van der Waals surface area contributed by atoms with E-state index in [0.29, 0.717) is 25.6 Å². The fraction of sp³-hybridized carbons (Fsp3) is 0.600. The number of piperazine rings is 1. The predicted octanol–water partition coefficient (Wildman–Crippen LogP) is 1.00. The van der Waals surface area contributed by atoms with Gasteiger partial charge in [0, 0.05) is 52.7 Å². The summed E-state index contributed by atoms with van der Waals surface area (Å²) in [5.41, 5.74) is 1.27. The van der Waals surface area contributed by atoms with E-state index in [1.54, 1.807) is 19.0 Å². The van der Waals surface area contributed by atoms with Crippen molar-refractivity contribution in [3.63, 3.8) is 0 Å². The van der Waals surface area contributed by atoms with Gasteiger partial charge in [-0.15, -0.1) is 0 Å². The van der Waals surface area contributed by atoms with E-state index < -0.39 is 0 Å². The standard InChI is InChI=1S/C20H32N4O2/c1-4-17(18-8-6-5-7-9-18)14-21-19(25)15-23-10-12-24(13-11-23)16-20(26)22(2)3/h5-9,17H,4,10-16H2,1-3H3,(H,21,25)/t17-/m0/s1. The fourth-order valence-electron chi connectivity index (χ4n) is 3.16. The van der Waals surface area contributed by atoms with Gasteiger partial charge >= 0.3 is 0 Å². The molecular formula is C20H32N4O2. The molecule has 0 bridgehead atoms. The van der Waals surface area contributed by atoms with Crippen LogP contribution in [-0.2, 0) is 9.59 Å². The lowest BCUT2D eigenvalue weighted by Gasteiger charge is -2.34. The van der Waals surface area contributed by atoms with Gasteiger partial charge in [0.1, 0.15) is 0 Å². The highest BCUT2D eigenvalue weighted by molar-refractivity contribution is 5.78. The topological polar surface area (TPSA) is 55.9 Å². The molecule has 0 unspecified atom stereocenters. The van der Waals surface area contributed by atoms with Gasteiger partial charge in [-0.1, -0.05) is 37.3 Å². The van der Waals surface area contributed by atoms with Gasteiger partial charge in [0.05, 0.1) is 13.1 Å². The summed E-state index contributed by atoms with van der Waals surface area (Å²) in [7, 11) is 3.56. The van der Waals surface area contributed by atoms with Crippen LogP contribution in [0.3, 0.4) is 0 Å². The van der Waals surface area contributed by atoms with E-state index in [2.05, 4.69) is 34.2 Å². The molecule has 26 heavy (non-hydrogen) atoms. The van der Waals surface area contributed by atoms with E-state index in [1.165, 1.54) is 5.56 Å². The molecule has 1 saturated heterocycles. The Morgan fingerprint density at radius 1 is 1.04 bits per heavy atom. The van der Waals surface area contributed by atoms with Crippen molar-refractivity contribution < 1.29 is 9.59 Å². The van der Waals surface area contributed by atoms with Crippen LogP contribution in [0.5, 0.6) is 0 Å². The van der Waals surface area contributed by atoms with Crippen LogP contribution in [-0.4, -0.2) is 86.4 Å².